The molecule has 0 aliphatic carbocycles. The van der Waals surface area contributed by atoms with E-state index in [1.165, 1.54) is 5.56 Å². The van der Waals surface area contributed by atoms with Crippen LogP contribution in [0.5, 0.6) is 0 Å². The van der Waals surface area contributed by atoms with E-state index < -0.39 is 5.97 Å². The lowest BCUT2D eigenvalue weighted by molar-refractivity contribution is -0.149. The van der Waals surface area contributed by atoms with Gasteiger partial charge in [-0.05, 0) is 24.3 Å². The summed E-state index contributed by atoms with van der Waals surface area (Å²) in [6, 6.07) is 9.99. The lowest BCUT2D eigenvalue weighted by Gasteiger charge is -2.34. The fraction of sp³-hybridized carbons (Fsp3) is 0.529. The van der Waals surface area contributed by atoms with Crippen LogP contribution in [0.25, 0.3) is 0 Å². The summed E-state index contributed by atoms with van der Waals surface area (Å²) in [5, 5.41) is 9.09. The Labute approximate surface area is 130 Å². The summed E-state index contributed by atoms with van der Waals surface area (Å²) < 4.78 is 5.45. The maximum atomic E-state index is 12.1. The van der Waals surface area contributed by atoms with Crippen LogP contribution in [0, 0.1) is 11.8 Å². The first-order chi connectivity index (χ1) is 10.6. The van der Waals surface area contributed by atoms with Gasteiger partial charge in [-0.3, -0.25) is 9.59 Å². The molecule has 0 aromatic heterocycles. The Morgan fingerprint density at radius 2 is 2.05 bits per heavy atom. The Kier molecular flexibility index (Phi) is 5.95. The highest BCUT2D eigenvalue weighted by molar-refractivity contribution is 5.78. The van der Waals surface area contributed by atoms with Gasteiger partial charge in [0.2, 0.25) is 5.91 Å². The number of carbonyl (C=O) groups excluding carboxylic acids is 1. The minimum Gasteiger partial charge on any atom is -0.481 e. The zero-order chi connectivity index (χ0) is 15.9. The molecular weight excluding hydrogens is 282 g/mol. The van der Waals surface area contributed by atoms with Crippen LogP contribution in [-0.2, 0) is 20.7 Å². The topological polar surface area (TPSA) is 66.8 Å². The second kappa shape index (κ2) is 7.94. The van der Waals surface area contributed by atoms with Gasteiger partial charge in [0.05, 0.1) is 12.5 Å². The van der Waals surface area contributed by atoms with Gasteiger partial charge in [0.15, 0.2) is 0 Å². The Balaban J connectivity index is 1.69. The summed E-state index contributed by atoms with van der Waals surface area (Å²) in [5.74, 6) is -1.18. The molecule has 120 valence electrons. The van der Waals surface area contributed by atoms with E-state index in [-0.39, 0.29) is 24.3 Å². The third-order valence-electron chi connectivity index (χ3n) is 4.18. The Morgan fingerprint density at radius 3 is 2.68 bits per heavy atom. The molecule has 5 heteroatoms. The predicted octanol–water partition coefficient (Wildman–Crippen LogP) is 1.81. The maximum Gasteiger partial charge on any atom is 0.306 e. The van der Waals surface area contributed by atoms with E-state index in [0.29, 0.717) is 26.1 Å². The van der Waals surface area contributed by atoms with Gasteiger partial charge < -0.3 is 14.7 Å². The number of carboxylic acids is 1. The minimum absolute atomic E-state index is 0.0143. The van der Waals surface area contributed by atoms with Gasteiger partial charge >= 0.3 is 5.97 Å². The Hall–Kier alpha value is -1.88. The highest BCUT2D eigenvalue weighted by Gasteiger charge is 2.32. The molecule has 1 aliphatic heterocycles. The monoisotopic (exact) mass is 305 g/mol. The Morgan fingerprint density at radius 1 is 1.32 bits per heavy atom. The van der Waals surface area contributed by atoms with Crippen molar-refractivity contribution < 1.29 is 19.4 Å². The number of hydrogen-bond acceptors (Lipinski definition) is 3. The highest BCUT2D eigenvalue weighted by Crippen LogP contribution is 2.23. The zero-order valence-electron chi connectivity index (χ0n) is 12.9. The van der Waals surface area contributed by atoms with E-state index in [1.807, 2.05) is 37.3 Å². The lowest BCUT2D eigenvalue weighted by atomic mass is 9.87. The second-order valence-corrected chi connectivity index (χ2v) is 5.84. The number of carbonyl (C=O) groups is 2. The molecule has 0 saturated carbocycles. The molecule has 2 rings (SSSR count). The van der Waals surface area contributed by atoms with Crippen molar-refractivity contribution in [2.24, 2.45) is 11.8 Å². The molecule has 1 saturated heterocycles. The summed E-state index contributed by atoms with van der Waals surface area (Å²) in [4.78, 5) is 24.9. The number of amides is 1. The third-order valence-corrected chi connectivity index (χ3v) is 4.18. The number of piperidine rings is 1. The fourth-order valence-corrected chi connectivity index (χ4v) is 2.82. The SMILES string of the molecule is CC1CN(C(=O)COCCc2ccccc2)CCC1C(=O)O. The molecule has 0 radical (unpaired) electrons. The van der Waals surface area contributed by atoms with Crippen molar-refractivity contribution in [3.8, 4) is 0 Å². The normalized spacial score (nSPS) is 21.6. The molecule has 2 atom stereocenters. The Bertz CT molecular complexity index is 503. The van der Waals surface area contributed by atoms with Crippen LogP contribution in [0.3, 0.4) is 0 Å². The first-order valence-electron chi connectivity index (χ1n) is 7.70. The molecule has 2 unspecified atom stereocenters. The first kappa shape index (κ1) is 16.5. The summed E-state index contributed by atoms with van der Waals surface area (Å²) in [7, 11) is 0. The van der Waals surface area contributed by atoms with Crippen molar-refractivity contribution in [3.05, 3.63) is 35.9 Å². The largest absolute Gasteiger partial charge is 0.481 e. The van der Waals surface area contributed by atoms with Crippen LogP contribution in [-0.4, -0.2) is 48.2 Å². The lowest BCUT2D eigenvalue weighted by Crippen LogP contribution is -2.46. The van der Waals surface area contributed by atoms with Gasteiger partial charge in [-0.1, -0.05) is 37.3 Å². The molecule has 5 nitrogen and oxygen atoms in total. The molecule has 1 aliphatic rings. The number of rotatable bonds is 6. The van der Waals surface area contributed by atoms with Crippen molar-refractivity contribution in [2.75, 3.05) is 26.3 Å². The molecule has 22 heavy (non-hydrogen) atoms. The van der Waals surface area contributed by atoms with Crippen LogP contribution in [0.15, 0.2) is 30.3 Å². The molecule has 1 N–H and O–H groups in total. The van der Waals surface area contributed by atoms with Gasteiger partial charge in [0.25, 0.3) is 0 Å². The third kappa shape index (κ3) is 4.56. The molecule has 0 bridgehead atoms. The number of likely N-dealkylation sites (tertiary alicyclic amines) is 1. The van der Waals surface area contributed by atoms with Crippen molar-refractivity contribution in [2.45, 2.75) is 19.8 Å². The van der Waals surface area contributed by atoms with Crippen LogP contribution >= 0.6 is 0 Å². The van der Waals surface area contributed by atoms with Gasteiger partial charge in [0, 0.05) is 13.1 Å². The zero-order valence-corrected chi connectivity index (χ0v) is 12.9. The molecule has 1 fully saturated rings. The molecule has 1 heterocycles. The average Bonchev–Trinajstić information content (AvgIpc) is 2.52. The van der Waals surface area contributed by atoms with E-state index in [2.05, 4.69) is 0 Å². The number of nitrogens with zero attached hydrogens (tertiary/aromatic N) is 1. The van der Waals surface area contributed by atoms with Gasteiger partial charge in [0.1, 0.15) is 6.61 Å². The number of ether oxygens (including phenoxy) is 1. The van der Waals surface area contributed by atoms with E-state index in [9.17, 15) is 9.59 Å². The molecule has 1 amide bonds. The van der Waals surface area contributed by atoms with Gasteiger partial charge in [-0.15, -0.1) is 0 Å². The van der Waals surface area contributed by atoms with Crippen molar-refractivity contribution in [1.82, 2.24) is 4.90 Å². The van der Waals surface area contributed by atoms with Gasteiger partial charge in [-0.25, -0.2) is 0 Å². The maximum absolute atomic E-state index is 12.1. The smallest absolute Gasteiger partial charge is 0.306 e. The van der Waals surface area contributed by atoms with Crippen molar-refractivity contribution >= 4 is 11.9 Å². The summed E-state index contributed by atoms with van der Waals surface area (Å²) >= 11 is 0. The minimum atomic E-state index is -0.765. The first-order valence-corrected chi connectivity index (χ1v) is 7.70. The molecular formula is C17H23NO4. The predicted molar refractivity (Wildman–Crippen MR) is 82.5 cm³/mol. The average molecular weight is 305 g/mol. The standard InChI is InChI=1S/C17H23NO4/c1-13-11-18(9-7-15(13)17(20)21)16(19)12-22-10-8-14-5-3-2-4-6-14/h2-6,13,15H,7-12H2,1H3,(H,20,21). The molecule has 1 aromatic carbocycles. The fourth-order valence-electron chi connectivity index (χ4n) is 2.82. The summed E-state index contributed by atoms with van der Waals surface area (Å²) in [6.07, 6.45) is 1.30. The summed E-state index contributed by atoms with van der Waals surface area (Å²) in [5.41, 5.74) is 1.19. The van der Waals surface area contributed by atoms with E-state index in [4.69, 9.17) is 9.84 Å². The van der Waals surface area contributed by atoms with E-state index >= 15 is 0 Å². The quantitative estimate of drug-likeness (QED) is 0.814. The van der Waals surface area contributed by atoms with Crippen LogP contribution in [0.2, 0.25) is 0 Å². The van der Waals surface area contributed by atoms with Crippen molar-refractivity contribution in [3.63, 3.8) is 0 Å². The number of benzene rings is 1. The number of carboxylic acid groups (broad SMARTS) is 1. The van der Waals surface area contributed by atoms with Crippen LogP contribution in [0.4, 0.5) is 0 Å². The van der Waals surface area contributed by atoms with Crippen molar-refractivity contribution in [1.29, 1.82) is 0 Å². The second-order valence-electron chi connectivity index (χ2n) is 5.84. The molecule has 0 spiro atoms. The number of aliphatic carboxylic acids is 1. The van der Waals surface area contributed by atoms with Gasteiger partial charge in [-0.2, -0.15) is 0 Å². The molecule has 1 aromatic rings. The van der Waals surface area contributed by atoms with Crippen LogP contribution in [0.1, 0.15) is 18.9 Å². The highest BCUT2D eigenvalue weighted by atomic mass is 16.5. The van der Waals surface area contributed by atoms with E-state index in [0.717, 1.165) is 6.42 Å². The van der Waals surface area contributed by atoms with Crippen LogP contribution < -0.4 is 0 Å². The summed E-state index contributed by atoms with van der Waals surface area (Å²) in [6.45, 7) is 3.46. The van der Waals surface area contributed by atoms with E-state index in [1.54, 1.807) is 4.90 Å². The number of hydrogen-bond donors (Lipinski definition) is 1.